The van der Waals surface area contributed by atoms with Gasteiger partial charge in [-0.15, -0.1) is 0 Å². The Hall–Kier alpha value is 0.360. The summed E-state index contributed by atoms with van der Waals surface area (Å²) in [7, 11) is 6.61. The third-order valence-electron chi connectivity index (χ3n) is 5.26. The molecule has 2 atom stereocenters. The number of unbranched alkanes of at least 4 members (excludes halogenated alkanes) is 10. The van der Waals surface area contributed by atoms with Crippen LogP contribution in [0.2, 0.25) is 0 Å². The zero-order valence-corrected chi connectivity index (χ0v) is 19.7. The van der Waals surface area contributed by atoms with Gasteiger partial charge in [0.2, 0.25) is 0 Å². The minimum Gasteiger partial charge on any atom is -1.00 e. The maximum Gasteiger partial charge on any atom is 0.158 e. The number of ether oxygens (including phenoxy) is 2. The lowest BCUT2D eigenvalue weighted by Crippen LogP contribution is -3.00. The molecule has 3 nitrogen and oxygen atoms in total. The molecule has 1 aliphatic rings. The zero-order valence-electron chi connectivity index (χ0n) is 18.1. The van der Waals surface area contributed by atoms with Crippen LogP contribution in [0.5, 0.6) is 0 Å². The molecule has 0 aromatic heterocycles. The number of hydrogen-bond acceptors (Lipinski definition) is 2. The molecule has 26 heavy (non-hydrogen) atoms. The molecule has 1 heterocycles. The van der Waals surface area contributed by atoms with E-state index in [0.29, 0.717) is 6.10 Å². The fourth-order valence-corrected chi connectivity index (χ4v) is 3.50. The molecule has 0 aromatic carbocycles. The third kappa shape index (κ3) is 15.4. The molecule has 0 aliphatic carbocycles. The Morgan fingerprint density at radius 2 is 1.35 bits per heavy atom. The Morgan fingerprint density at radius 1 is 0.808 bits per heavy atom. The van der Waals surface area contributed by atoms with Crippen LogP contribution in [0.3, 0.4) is 0 Å². The average Bonchev–Trinajstić information content (AvgIpc) is 2.99. The number of hydrogen-bond donors (Lipinski definition) is 0. The van der Waals surface area contributed by atoms with Crippen molar-refractivity contribution in [2.24, 2.45) is 0 Å². The summed E-state index contributed by atoms with van der Waals surface area (Å²) in [6, 6.07) is 0. The maximum atomic E-state index is 6.04. The molecule has 1 fully saturated rings. The predicted molar refractivity (Wildman–Crippen MR) is 108 cm³/mol. The fourth-order valence-electron chi connectivity index (χ4n) is 3.50. The highest BCUT2D eigenvalue weighted by molar-refractivity contribution is 4.68. The van der Waals surface area contributed by atoms with Gasteiger partial charge in [-0.1, -0.05) is 77.6 Å². The van der Waals surface area contributed by atoms with Crippen molar-refractivity contribution >= 4 is 0 Å². The standard InChI is InChI=1S/C22H46NO2.BrH/c1-5-6-7-8-9-10-11-12-13-14-15-16-21-17-18-22(25-21)24-20-19-23(2,3)4;/h21-22H,5-20H2,1-4H3;1H/q+1;/p-1. The van der Waals surface area contributed by atoms with Crippen molar-refractivity contribution in [3.63, 3.8) is 0 Å². The van der Waals surface area contributed by atoms with E-state index in [-0.39, 0.29) is 23.3 Å². The van der Waals surface area contributed by atoms with Gasteiger partial charge in [-0.2, -0.15) is 0 Å². The van der Waals surface area contributed by atoms with Gasteiger partial charge in [0.1, 0.15) is 6.54 Å². The minimum atomic E-state index is 0. The average molecular weight is 437 g/mol. The molecular formula is C22H46BrNO2. The van der Waals surface area contributed by atoms with Gasteiger partial charge in [-0.25, -0.2) is 0 Å². The lowest BCUT2D eigenvalue weighted by atomic mass is 10.0. The summed E-state index contributed by atoms with van der Waals surface area (Å²) in [5, 5.41) is 0. The summed E-state index contributed by atoms with van der Waals surface area (Å²) >= 11 is 0. The van der Waals surface area contributed by atoms with Crippen LogP contribution >= 0.6 is 0 Å². The highest BCUT2D eigenvalue weighted by Crippen LogP contribution is 2.25. The molecular weight excluding hydrogens is 390 g/mol. The van der Waals surface area contributed by atoms with Crippen LogP contribution in [0.1, 0.15) is 96.8 Å². The summed E-state index contributed by atoms with van der Waals surface area (Å²) in [5.41, 5.74) is 0. The lowest BCUT2D eigenvalue weighted by Gasteiger charge is -2.24. The number of nitrogens with zero attached hydrogens (tertiary/aromatic N) is 1. The summed E-state index contributed by atoms with van der Waals surface area (Å²) in [4.78, 5) is 0. The third-order valence-corrected chi connectivity index (χ3v) is 5.26. The van der Waals surface area contributed by atoms with Crippen molar-refractivity contribution in [1.82, 2.24) is 0 Å². The van der Waals surface area contributed by atoms with E-state index in [1.807, 2.05) is 0 Å². The number of rotatable bonds is 16. The Labute approximate surface area is 174 Å². The molecule has 1 rings (SSSR count). The van der Waals surface area contributed by atoms with Gasteiger partial charge < -0.3 is 30.9 Å². The molecule has 0 bridgehead atoms. The lowest BCUT2D eigenvalue weighted by molar-refractivity contribution is -0.871. The Kier molecular flexibility index (Phi) is 16.6. The highest BCUT2D eigenvalue weighted by Gasteiger charge is 2.25. The van der Waals surface area contributed by atoms with Crippen molar-refractivity contribution in [1.29, 1.82) is 0 Å². The van der Waals surface area contributed by atoms with Crippen molar-refractivity contribution in [2.75, 3.05) is 34.3 Å². The quantitative estimate of drug-likeness (QED) is 0.274. The van der Waals surface area contributed by atoms with Gasteiger partial charge in [0.15, 0.2) is 6.29 Å². The van der Waals surface area contributed by atoms with E-state index in [2.05, 4.69) is 28.1 Å². The van der Waals surface area contributed by atoms with Gasteiger partial charge in [0.05, 0.1) is 33.9 Å². The number of quaternary nitrogens is 1. The number of likely N-dealkylation sites (N-methyl/N-ethyl adjacent to an activating group) is 1. The van der Waals surface area contributed by atoms with E-state index in [0.717, 1.165) is 24.1 Å². The Balaban J connectivity index is 0.00000625. The van der Waals surface area contributed by atoms with Crippen LogP contribution < -0.4 is 17.0 Å². The van der Waals surface area contributed by atoms with Gasteiger partial charge >= 0.3 is 0 Å². The molecule has 4 heteroatoms. The molecule has 0 amide bonds. The topological polar surface area (TPSA) is 18.5 Å². The van der Waals surface area contributed by atoms with Crippen LogP contribution in [0.4, 0.5) is 0 Å². The molecule has 1 aliphatic heterocycles. The molecule has 0 spiro atoms. The molecule has 2 unspecified atom stereocenters. The van der Waals surface area contributed by atoms with Crippen molar-refractivity contribution in [2.45, 2.75) is 109 Å². The van der Waals surface area contributed by atoms with Gasteiger partial charge in [-0.3, -0.25) is 0 Å². The molecule has 0 N–H and O–H groups in total. The van der Waals surface area contributed by atoms with E-state index in [1.54, 1.807) is 0 Å². The van der Waals surface area contributed by atoms with Crippen molar-refractivity contribution < 1.29 is 30.9 Å². The molecule has 0 radical (unpaired) electrons. The van der Waals surface area contributed by atoms with Gasteiger partial charge in [0, 0.05) is 6.42 Å². The monoisotopic (exact) mass is 435 g/mol. The maximum absolute atomic E-state index is 6.04. The molecule has 1 saturated heterocycles. The largest absolute Gasteiger partial charge is 1.00 e. The summed E-state index contributed by atoms with van der Waals surface area (Å²) in [5.74, 6) is 0. The van der Waals surface area contributed by atoms with Crippen molar-refractivity contribution in [3.8, 4) is 0 Å². The SMILES string of the molecule is CCCCCCCCCCCCCC1CCC(OCC[N+](C)(C)C)O1.[Br-]. The van der Waals surface area contributed by atoms with Gasteiger partial charge in [0.25, 0.3) is 0 Å². The number of halogens is 1. The first kappa shape index (κ1) is 26.4. The Bertz CT molecular complexity index is 307. The minimum absolute atomic E-state index is 0. The summed E-state index contributed by atoms with van der Waals surface area (Å²) < 4.78 is 12.9. The second-order valence-electron chi connectivity index (χ2n) is 8.97. The van der Waals surface area contributed by atoms with Crippen LogP contribution in [0.15, 0.2) is 0 Å². The van der Waals surface area contributed by atoms with Crippen LogP contribution in [-0.2, 0) is 9.47 Å². The smallest absolute Gasteiger partial charge is 0.158 e. The zero-order chi connectivity index (χ0) is 18.4. The van der Waals surface area contributed by atoms with E-state index in [9.17, 15) is 0 Å². The van der Waals surface area contributed by atoms with E-state index in [4.69, 9.17) is 9.47 Å². The van der Waals surface area contributed by atoms with Crippen LogP contribution in [0.25, 0.3) is 0 Å². The second kappa shape index (κ2) is 16.3. The summed E-state index contributed by atoms with van der Waals surface area (Å²) in [6.07, 6.45) is 19.6. The van der Waals surface area contributed by atoms with E-state index < -0.39 is 0 Å². The van der Waals surface area contributed by atoms with Crippen LogP contribution in [-0.4, -0.2) is 51.2 Å². The normalized spacial score (nSPS) is 20.3. The first-order valence-electron chi connectivity index (χ1n) is 11.1. The van der Waals surface area contributed by atoms with Crippen molar-refractivity contribution in [3.05, 3.63) is 0 Å². The molecule has 0 saturated carbocycles. The highest BCUT2D eigenvalue weighted by atomic mass is 79.9. The first-order valence-corrected chi connectivity index (χ1v) is 11.1. The van der Waals surface area contributed by atoms with E-state index >= 15 is 0 Å². The van der Waals surface area contributed by atoms with Gasteiger partial charge in [-0.05, 0) is 12.8 Å². The fraction of sp³-hybridized carbons (Fsp3) is 1.00. The first-order chi connectivity index (χ1) is 12.0. The second-order valence-corrected chi connectivity index (χ2v) is 8.97. The Morgan fingerprint density at radius 3 is 1.88 bits per heavy atom. The molecule has 158 valence electrons. The summed E-state index contributed by atoms with van der Waals surface area (Å²) in [6.45, 7) is 4.14. The van der Waals surface area contributed by atoms with E-state index in [1.165, 1.54) is 83.5 Å². The van der Waals surface area contributed by atoms with Crippen LogP contribution in [0, 0.1) is 0 Å². The predicted octanol–water partition coefficient (Wildman–Crippen LogP) is 2.92. The molecule has 0 aromatic rings.